The molecule has 8 heteroatoms. The van der Waals surface area contributed by atoms with Crippen molar-refractivity contribution in [2.24, 2.45) is 5.73 Å². The fourth-order valence-electron chi connectivity index (χ4n) is 1.58. The van der Waals surface area contributed by atoms with Crippen molar-refractivity contribution in [2.45, 2.75) is 18.2 Å². The van der Waals surface area contributed by atoms with Crippen LogP contribution in [-0.4, -0.2) is 32.7 Å². The number of benzene rings is 1. The number of hydrogen-bond donors (Lipinski definition) is 3. The highest BCUT2D eigenvalue weighted by Gasteiger charge is 2.14. The number of aryl methyl sites for hydroxylation is 1. The number of aromatic amines is 1. The van der Waals surface area contributed by atoms with E-state index in [2.05, 4.69) is 20.5 Å². The highest BCUT2D eigenvalue weighted by atomic mass is 32.2. The molecule has 0 fully saturated rings. The molecule has 2 aromatic rings. The Balaban J connectivity index is 2.11. The summed E-state index contributed by atoms with van der Waals surface area (Å²) in [6.07, 6.45) is 0.672. The van der Waals surface area contributed by atoms with E-state index in [4.69, 9.17) is 5.73 Å². The van der Waals surface area contributed by atoms with Gasteiger partial charge in [0.1, 0.15) is 5.82 Å². The van der Waals surface area contributed by atoms with Crippen LogP contribution in [0, 0.1) is 0 Å². The second-order valence-corrected chi connectivity index (χ2v) is 5.18. The molecule has 2 rings (SSSR count). The number of nitrogens with two attached hydrogens (primary N) is 1. The predicted molar refractivity (Wildman–Crippen MR) is 80.1 cm³/mol. The van der Waals surface area contributed by atoms with Crippen molar-refractivity contribution in [3.63, 3.8) is 0 Å². The number of H-pyrrole nitrogens is 1. The molecule has 0 spiro atoms. The van der Waals surface area contributed by atoms with Crippen LogP contribution in [0.5, 0.6) is 0 Å². The predicted octanol–water partition coefficient (Wildman–Crippen LogP) is 1.20. The second-order valence-electron chi connectivity index (χ2n) is 4.16. The van der Waals surface area contributed by atoms with Crippen LogP contribution < -0.4 is 11.1 Å². The van der Waals surface area contributed by atoms with Crippen molar-refractivity contribution in [1.29, 1.82) is 0 Å². The second kappa shape index (κ2) is 6.89. The Hall–Kier alpha value is -2.35. The summed E-state index contributed by atoms with van der Waals surface area (Å²) in [7, 11) is 0. The van der Waals surface area contributed by atoms with Crippen molar-refractivity contribution < 1.29 is 9.59 Å². The zero-order valence-corrected chi connectivity index (χ0v) is 12.2. The summed E-state index contributed by atoms with van der Waals surface area (Å²) in [5, 5.41) is 9.28. The monoisotopic (exact) mass is 305 g/mol. The molecule has 7 nitrogen and oxygen atoms in total. The number of aromatic nitrogens is 3. The first-order chi connectivity index (χ1) is 10.1. The molecule has 21 heavy (non-hydrogen) atoms. The molecule has 0 aliphatic rings. The van der Waals surface area contributed by atoms with Crippen molar-refractivity contribution in [2.75, 3.05) is 11.1 Å². The minimum absolute atomic E-state index is 0.0848. The van der Waals surface area contributed by atoms with Gasteiger partial charge in [0, 0.05) is 11.3 Å². The summed E-state index contributed by atoms with van der Waals surface area (Å²) < 4.78 is 0. The largest absolute Gasteiger partial charge is 0.369 e. The lowest BCUT2D eigenvalue weighted by Gasteiger charge is -2.08. The molecule has 0 aliphatic heterocycles. The minimum atomic E-state index is -0.414. The van der Waals surface area contributed by atoms with Crippen molar-refractivity contribution in [3.05, 3.63) is 35.9 Å². The lowest BCUT2D eigenvalue weighted by molar-refractivity contribution is -0.115. The molecule has 0 atom stereocenters. The van der Waals surface area contributed by atoms with E-state index in [9.17, 15) is 9.59 Å². The van der Waals surface area contributed by atoms with Gasteiger partial charge in [-0.05, 0) is 12.1 Å². The number of anilines is 1. The maximum Gasteiger partial charge on any atom is 0.295 e. The average molecular weight is 305 g/mol. The van der Waals surface area contributed by atoms with Gasteiger partial charge in [0.2, 0.25) is 11.7 Å². The zero-order chi connectivity index (χ0) is 15.2. The Morgan fingerprint density at radius 1 is 1.38 bits per heavy atom. The van der Waals surface area contributed by atoms with Gasteiger partial charge in [0.15, 0.2) is 0 Å². The molecule has 2 amide bonds. The van der Waals surface area contributed by atoms with Gasteiger partial charge in [0.05, 0.1) is 11.4 Å². The standard InChI is InChI=1S/C13H15N5O2S/c1-2-11-16-12(18-17-11)13(20)15-8-5-3-4-6-9(8)21-7-10(14)19/h3-6H,2,7H2,1H3,(H2,14,19)(H,15,20)(H,16,17,18). The van der Waals surface area contributed by atoms with Crippen molar-refractivity contribution >= 4 is 29.3 Å². The smallest absolute Gasteiger partial charge is 0.295 e. The summed E-state index contributed by atoms with van der Waals surface area (Å²) in [6, 6.07) is 7.16. The number of thioether (sulfide) groups is 1. The van der Waals surface area contributed by atoms with Crippen LogP contribution in [0.15, 0.2) is 29.2 Å². The van der Waals surface area contributed by atoms with Crippen molar-refractivity contribution in [1.82, 2.24) is 15.2 Å². The topological polar surface area (TPSA) is 114 Å². The molecular formula is C13H15N5O2S. The molecule has 1 aromatic heterocycles. The lowest BCUT2D eigenvalue weighted by Crippen LogP contribution is -2.15. The summed E-state index contributed by atoms with van der Waals surface area (Å²) >= 11 is 1.26. The number of rotatable bonds is 6. The number of nitrogens with one attached hydrogen (secondary N) is 2. The Morgan fingerprint density at radius 2 is 2.14 bits per heavy atom. The average Bonchev–Trinajstić information content (AvgIpc) is 2.95. The minimum Gasteiger partial charge on any atom is -0.369 e. The van der Waals surface area contributed by atoms with Gasteiger partial charge in [0.25, 0.3) is 5.91 Å². The number of amides is 2. The Kier molecular flexibility index (Phi) is 4.94. The van der Waals surface area contributed by atoms with Crippen LogP contribution in [0.1, 0.15) is 23.4 Å². The third-order valence-electron chi connectivity index (χ3n) is 2.57. The fourth-order valence-corrected chi connectivity index (χ4v) is 2.32. The summed E-state index contributed by atoms with van der Waals surface area (Å²) in [6.45, 7) is 1.91. The van der Waals surface area contributed by atoms with Crippen LogP contribution in [0.4, 0.5) is 5.69 Å². The molecule has 4 N–H and O–H groups in total. The Labute approximate surface area is 125 Å². The molecule has 0 saturated carbocycles. The van der Waals surface area contributed by atoms with Gasteiger partial charge >= 0.3 is 0 Å². The number of nitrogens with zero attached hydrogens (tertiary/aromatic N) is 2. The third kappa shape index (κ3) is 4.06. The van der Waals surface area contributed by atoms with Crippen molar-refractivity contribution in [3.8, 4) is 0 Å². The van der Waals surface area contributed by atoms with Gasteiger partial charge in [-0.1, -0.05) is 19.1 Å². The van der Waals surface area contributed by atoms with Crippen LogP contribution in [-0.2, 0) is 11.2 Å². The third-order valence-corrected chi connectivity index (χ3v) is 3.67. The van der Waals surface area contributed by atoms with Gasteiger partial charge in [-0.2, -0.15) is 0 Å². The number of hydrogen-bond acceptors (Lipinski definition) is 5. The highest BCUT2D eigenvalue weighted by Crippen LogP contribution is 2.26. The number of carbonyl (C=O) groups is 2. The summed E-state index contributed by atoms with van der Waals surface area (Å²) in [5.74, 6) is 0.0620. The van der Waals surface area contributed by atoms with E-state index in [0.717, 1.165) is 4.90 Å². The number of carbonyl (C=O) groups excluding carboxylic acids is 2. The number of para-hydroxylation sites is 1. The SMILES string of the molecule is CCc1nc(C(=O)Nc2ccccc2SCC(N)=O)n[nH]1. The molecule has 1 heterocycles. The molecule has 0 radical (unpaired) electrons. The van der Waals surface area contributed by atoms with Gasteiger partial charge < -0.3 is 11.1 Å². The van der Waals surface area contributed by atoms with Gasteiger partial charge in [-0.15, -0.1) is 16.9 Å². The zero-order valence-electron chi connectivity index (χ0n) is 11.4. The maximum atomic E-state index is 12.1. The van der Waals surface area contributed by atoms with E-state index in [-0.39, 0.29) is 11.6 Å². The molecule has 110 valence electrons. The van der Waals surface area contributed by atoms with E-state index in [1.165, 1.54) is 11.8 Å². The quantitative estimate of drug-likeness (QED) is 0.694. The summed E-state index contributed by atoms with van der Waals surface area (Å²) in [4.78, 5) is 27.8. The van der Waals surface area contributed by atoms with E-state index < -0.39 is 11.8 Å². The van der Waals surface area contributed by atoms with Gasteiger partial charge in [-0.25, -0.2) is 4.98 Å². The molecule has 0 unspecified atom stereocenters. The Morgan fingerprint density at radius 3 is 2.81 bits per heavy atom. The Bertz CT molecular complexity index is 656. The first kappa shape index (κ1) is 15.0. The van der Waals surface area contributed by atoms with E-state index >= 15 is 0 Å². The van der Waals surface area contributed by atoms with E-state index in [0.29, 0.717) is 17.9 Å². The first-order valence-electron chi connectivity index (χ1n) is 6.33. The van der Waals surface area contributed by atoms with E-state index in [1.54, 1.807) is 18.2 Å². The summed E-state index contributed by atoms with van der Waals surface area (Å²) in [5.41, 5.74) is 5.72. The maximum absolute atomic E-state index is 12.1. The van der Waals surface area contributed by atoms with Crippen LogP contribution >= 0.6 is 11.8 Å². The molecule has 0 saturated heterocycles. The molecule has 0 bridgehead atoms. The van der Waals surface area contributed by atoms with E-state index in [1.807, 2.05) is 13.0 Å². The fraction of sp³-hybridized carbons (Fsp3) is 0.231. The molecular weight excluding hydrogens is 290 g/mol. The highest BCUT2D eigenvalue weighted by molar-refractivity contribution is 8.00. The molecule has 0 aliphatic carbocycles. The first-order valence-corrected chi connectivity index (χ1v) is 7.31. The van der Waals surface area contributed by atoms with Crippen LogP contribution in [0.2, 0.25) is 0 Å². The molecule has 1 aromatic carbocycles. The van der Waals surface area contributed by atoms with Gasteiger partial charge in [-0.3, -0.25) is 14.7 Å². The lowest BCUT2D eigenvalue weighted by atomic mass is 10.3. The number of primary amides is 1. The van der Waals surface area contributed by atoms with Crippen LogP contribution in [0.3, 0.4) is 0 Å². The normalized spacial score (nSPS) is 10.3. The van der Waals surface area contributed by atoms with Crippen LogP contribution in [0.25, 0.3) is 0 Å².